The minimum absolute atomic E-state index is 0.121. The number of hydrogen-bond acceptors (Lipinski definition) is 5. The molecule has 2 aromatic rings. The average molecular weight is 348 g/mol. The maximum Gasteiger partial charge on any atom is 0.200 e. The van der Waals surface area contributed by atoms with E-state index in [2.05, 4.69) is 15.0 Å². The molecule has 0 radical (unpaired) electrons. The Bertz CT molecular complexity index is 791. The van der Waals surface area contributed by atoms with Gasteiger partial charge in [0.15, 0.2) is 5.03 Å². The highest BCUT2D eigenvalue weighted by molar-refractivity contribution is 7.92. The zero-order valence-corrected chi connectivity index (χ0v) is 15.2. The third kappa shape index (κ3) is 2.81. The van der Waals surface area contributed by atoms with Crippen LogP contribution in [-0.2, 0) is 16.9 Å². The van der Waals surface area contributed by atoms with Gasteiger partial charge < -0.3 is 4.90 Å². The van der Waals surface area contributed by atoms with E-state index in [1.54, 1.807) is 25.5 Å². The summed E-state index contributed by atoms with van der Waals surface area (Å²) in [5, 5.41) is 4.31. The van der Waals surface area contributed by atoms with Crippen molar-refractivity contribution in [2.45, 2.75) is 36.5 Å². The van der Waals surface area contributed by atoms with Crippen LogP contribution in [0.15, 0.2) is 41.8 Å². The van der Waals surface area contributed by atoms with Gasteiger partial charge in [-0.25, -0.2) is 8.42 Å². The second-order valence-electron chi connectivity index (χ2n) is 6.87. The summed E-state index contributed by atoms with van der Waals surface area (Å²) in [4.78, 5) is 6.35. The van der Waals surface area contributed by atoms with Gasteiger partial charge in [-0.3, -0.25) is 9.67 Å². The fraction of sp³-hybridized carbons (Fsp3) is 0.529. The van der Waals surface area contributed by atoms with Gasteiger partial charge in [-0.05, 0) is 50.8 Å². The summed E-state index contributed by atoms with van der Waals surface area (Å²) in [6, 6.07) is 5.58. The van der Waals surface area contributed by atoms with E-state index in [-0.39, 0.29) is 5.92 Å². The Morgan fingerprint density at radius 2 is 1.71 bits per heavy atom. The first-order valence-corrected chi connectivity index (χ1v) is 9.70. The summed E-state index contributed by atoms with van der Waals surface area (Å²) in [7, 11) is -1.76. The fourth-order valence-corrected chi connectivity index (χ4v) is 5.35. The smallest absolute Gasteiger partial charge is 0.200 e. The van der Waals surface area contributed by atoms with E-state index in [1.165, 1.54) is 10.9 Å². The minimum atomic E-state index is -3.44. The Hall–Kier alpha value is -1.89. The molecule has 130 valence electrons. The molecule has 0 atom stereocenters. The van der Waals surface area contributed by atoms with Crippen LogP contribution in [-0.4, -0.2) is 41.0 Å². The fourth-order valence-electron chi connectivity index (χ4n) is 3.50. The van der Waals surface area contributed by atoms with Crippen LogP contribution in [0, 0.1) is 5.92 Å². The largest absolute Gasteiger partial charge is 0.371 e. The molecule has 0 aliphatic carbocycles. The Labute approximate surface area is 143 Å². The standard InChI is InChI=1S/C17H24N4O2S/c1-17(2,24(22,23)16-6-11-19-20(16)3)14-7-12-21(13-8-14)15-4-9-18-10-5-15/h4-6,9-11,14H,7-8,12-13H2,1-3H3. The van der Waals surface area contributed by atoms with Gasteiger partial charge in [0.2, 0.25) is 9.84 Å². The molecule has 0 N–H and O–H groups in total. The van der Waals surface area contributed by atoms with Crippen molar-refractivity contribution in [3.05, 3.63) is 36.8 Å². The van der Waals surface area contributed by atoms with E-state index in [1.807, 2.05) is 26.0 Å². The summed E-state index contributed by atoms with van der Waals surface area (Å²) in [5.41, 5.74) is 1.15. The topological polar surface area (TPSA) is 68.1 Å². The number of piperidine rings is 1. The SMILES string of the molecule is Cn1nccc1S(=O)(=O)C(C)(C)C1CCN(c2ccncc2)CC1. The van der Waals surface area contributed by atoms with E-state index in [9.17, 15) is 8.42 Å². The molecular weight excluding hydrogens is 324 g/mol. The predicted molar refractivity (Wildman–Crippen MR) is 93.6 cm³/mol. The number of anilines is 1. The minimum Gasteiger partial charge on any atom is -0.371 e. The monoisotopic (exact) mass is 348 g/mol. The van der Waals surface area contributed by atoms with Crippen molar-refractivity contribution < 1.29 is 8.42 Å². The van der Waals surface area contributed by atoms with Gasteiger partial charge in [0, 0.05) is 38.2 Å². The molecule has 6 nitrogen and oxygen atoms in total. The zero-order chi connectivity index (χ0) is 17.4. The summed E-state index contributed by atoms with van der Waals surface area (Å²) in [6.45, 7) is 5.42. The molecule has 0 amide bonds. The number of aromatic nitrogens is 3. The molecule has 2 aromatic heterocycles. The molecule has 3 heterocycles. The quantitative estimate of drug-likeness (QED) is 0.848. The number of hydrogen-bond donors (Lipinski definition) is 0. The highest BCUT2D eigenvalue weighted by atomic mass is 32.2. The molecule has 0 bridgehead atoms. The van der Waals surface area contributed by atoms with Crippen LogP contribution in [0.25, 0.3) is 0 Å². The van der Waals surface area contributed by atoms with Gasteiger partial charge in [0.25, 0.3) is 0 Å². The lowest BCUT2D eigenvalue weighted by atomic mass is 9.85. The van der Waals surface area contributed by atoms with Crippen LogP contribution < -0.4 is 4.90 Å². The Balaban J connectivity index is 1.77. The lowest BCUT2D eigenvalue weighted by Gasteiger charge is -2.40. The van der Waals surface area contributed by atoms with Gasteiger partial charge in [-0.15, -0.1) is 0 Å². The van der Waals surface area contributed by atoms with Gasteiger partial charge >= 0.3 is 0 Å². The first-order chi connectivity index (χ1) is 11.3. The van der Waals surface area contributed by atoms with Crippen LogP contribution in [0.2, 0.25) is 0 Å². The molecule has 0 spiro atoms. The molecule has 1 aliphatic heterocycles. The van der Waals surface area contributed by atoms with Gasteiger partial charge in [0.05, 0.1) is 10.9 Å². The van der Waals surface area contributed by atoms with Crippen molar-refractivity contribution in [1.82, 2.24) is 14.8 Å². The average Bonchev–Trinajstić information content (AvgIpc) is 3.02. The molecule has 1 saturated heterocycles. The molecule has 3 rings (SSSR count). The van der Waals surface area contributed by atoms with Crippen LogP contribution in [0.4, 0.5) is 5.69 Å². The van der Waals surface area contributed by atoms with Crippen LogP contribution in [0.1, 0.15) is 26.7 Å². The second-order valence-corrected chi connectivity index (χ2v) is 9.34. The van der Waals surface area contributed by atoms with E-state index in [4.69, 9.17) is 0 Å². The van der Waals surface area contributed by atoms with Gasteiger partial charge in [0.1, 0.15) is 0 Å². The molecular formula is C17H24N4O2S. The molecule has 0 unspecified atom stereocenters. The molecule has 7 heteroatoms. The van der Waals surface area contributed by atoms with Crippen molar-refractivity contribution in [2.75, 3.05) is 18.0 Å². The van der Waals surface area contributed by atoms with Crippen molar-refractivity contribution in [2.24, 2.45) is 13.0 Å². The van der Waals surface area contributed by atoms with Crippen LogP contribution in [0.3, 0.4) is 0 Å². The number of pyridine rings is 1. The van der Waals surface area contributed by atoms with E-state index >= 15 is 0 Å². The Morgan fingerprint density at radius 1 is 1.08 bits per heavy atom. The molecule has 0 aromatic carbocycles. The lowest BCUT2D eigenvalue weighted by molar-refractivity contribution is 0.323. The Kier molecular flexibility index (Phi) is 4.38. The first kappa shape index (κ1) is 17.0. The Morgan fingerprint density at radius 3 is 2.25 bits per heavy atom. The van der Waals surface area contributed by atoms with Gasteiger partial charge in [-0.1, -0.05) is 0 Å². The number of sulfone groups is 1. The maximum absolute atomic E-state index is 13.1. The number of nitrogens with zero attached hydrogens (tertiary/aromatic N) is 4. The van der Waals surface area contributed by atoms with E-state index in [0.717, 1.165) is 31.6 Å². The maximum atomic E-state index is 13.1. The molecule has 1 fully saturated rings. The third-order valence-electron chi connectivity index (χ3n) is 5.25. The zero-order valence-electron chi connectivity index (χ0n) is 14.4. The van der Waals surface area contributed by atoms with E-state index < -0.39 is 14.6 Å². The number of rotatable bonds is 4. The second kappa shape index (κ2) is 6.20. The highest BCUT2D eigenvalue weighted by Crippen LogP contribution is 2.38. The summed E-state index contributed by atoms with van der Waals surface area (Å²) < 4.78 is 26.8. The van der Waals surface area contributed by atoms with Crippen molar-refractivity contribution in [3.8, 4) is 0 Å². The van der Waals surface area contributed by atoms with Crippen molar-refractivity contribution in [3.63, 3.8) is 0 Å². The first-order valence-electron chi connectivity index (χ1n) is 8.21. The molecule has 1 aliphatic rings. The predicted octanol–water partition coefficient (Wildman–Crippen LogP) is 2.28. The van der Waals surface area contributed by atoms with Crippen LogP contribution >= 0.6 is 0 Å². The lowest BCUT2D eigenvalue weighted by Crippen LogP contribution is -2.46. The van der Waals surface area contributed by atoms with Crippen molar-refractivity contribution in [1.29, 1.82) is 0 Å². The normalized spacial score (nSPS) is 17.2. The summed E-state index contributed by atoms with van der Waals surface area (Å²) >= 11 is 0. The van der Waals surface area contributed by atoms with Crippen molar-refractivity contribution >= 4 is 15.5 Å². The number of aryl methyl sites for hydroxylation is 1. The van der Waals surface area contributed by atoms with Crippen LogP contribution in [0.5, 0.6) is 0 Å². The summed E-state index contributed by atoms with van der Waals surface area (Å²) in [6.07, 6.45) is 6.82. The van der Waals surface area contributed by atoms with Gasteiger partial charge in [-0.2, -0.15) is 5.10 Å². The molecule has 0 saturated carbocycles. The third-order valence-corrected chi connectivity index (χ3v) is 7.92. The van der Waals surface area contributed by atoms with E-state index in [0.29, 0.717) is 5.03 Å². The molecule has 24 heavy (non-hydrogen) atoms. The summed E-state index contributed by atoms with van der Waals surface area (Å²) in [5.74, 6) is 0.121. The highest BCUT2D eigenvalue weighted by Gasteiger charge is 2.44.